The number of rotatable bonds is 8. The lowest BCUT2D eigenvalue weighted by molar-refractivity contribution is -0.161. The van der Waals surface area contributed by atoms with E-state index in [1.807, 2.05) is 51.1 Å². The Labute approximate surface area is 141 Å². The van der Waals surface area contributed by atoms with Gasteiger partial charge in [-0.2, -0.15) is 0 Å². The predicted molar refractivity (Wildman–Crippen MR) is 94.7 cm³/mol. The topological polar surface area (TPSA) is 44.8 Å². The van der Waals surface area contributed by atoms with E-state index >= 15 is 0 Å². The summed E-state index contributed by atoms with van der Waals surface area (Å²) < 4.78 is 17.3. The zero-order valence-electron chi connectivity index (χ0n) is 15.4. The minimum atomic E-state index is -1.85. The molecule has 0 aliphatic heterocycles. The lowest BCUT2D eigenvalue weighted by Gasteiger charge is -2.40. The fraction of sp³-hybridized carbons (Fsp3) is 0.611. The third kappa shape index (κ3) is 6.45. The molecule has 0 aromatic heterocycles. The Balaban J connectivity index is 2.91. The fourth-order valence-electron chi connectivity index (χ4n) is 2.46. The van der Waals surface area contributed by atoms with Crippen LogP contribution in [0.5, 0.6) is 0 Å². The summed E-state index contributed by atoms with van der Waals surface area (Å²) in [5.74, 6) is -0.665. The molecule has 2 atom stereocenters. The van der Waals surface area contributed by atoms with Crippen LogP contribution in [0.4, 0.5) is 0 Å². The molecule has 1 aromatic carbocycles. The second kappa shape index (κ2) is 8.08. The van der Waals surface area contributed by atoms with Gasteiger partial charge in [-0.05, 0) is 46.0 Å². The fourth-order valence-corrected chi connectivity index (χ4v) is 3.71. The SMILES string of the molecule is COC(=O)[C@@H](C)[C@H](O[Si](C)(C)C)C(C)(C)OCc1ccccc1. The van der Waals surface area contributed by atoms with Gasteiger partial charge >= 0.3 is 5.97 Å². The van der Waals surface area contributed by atoms with Gasteiger partial charge < -0.3 is 13.9 Å². The van der Waals surface area contributed by atoms with Gasteiger partial charge in [-0.15, -0.1) is 0 Å². The van der Waals surface area contributed by atoms with Crippen molar-refractivity contribution in [2.24, 2.45) is 5.92 Å². The van der Waals surface area contributed by atoms with Gasteiger partial charge in [-0.25, -0.2) is 0 Å². The molecule has 0 spiro atoms. The van der Waals surface area contributed by atoms with Gasteiger partial charge in [0.05, 0.1) is 31.3 Å². The number of benzene rings is 1. The lowest BCUT2D eigenvalue weighted by Crippen LogP contribution is -2.51. The van der Waals surface area contributed by atoms with Crippen LogP contribution in [0.25, 0.3) is 0 Å². The van der Waals surface area contributed by atoms with Crippen LogP contribution in [0.1, 0.15) is 26.3 Å². The molecular weight excluding hydrogens is 308 g/mol. The average molecular weight is 339 g/mol. The summed E-state index contributed by atoms with van der Waals surface area (Å²) in [6.07, 6.45) is -0.356. The quantitative estimate of drug-likeness (QED) is 0.531. The second-order valence-electron chi connectivity index (χ2n) is 7.34. The minimum absolute atomic E-state index is 0.273. The molecule has 4 nitrogen and oxygen atoms in total. The van der Waals surface area contributed by atoms with Crippen molar-refractivity contribution in [1.82, 2.24) is 0 Å². The molecule has 130 valence electrons. The van der Waals surface area contributed by atoms with Crippen LogP contribution in [0.2, 0.25) is 19.6 Å². The van der Waals surface area contributed by atoms with Crippen LogP contribution in [-0.2, 0) is 25.3 Å². The minimum Gasteiger partial charge on any atom is -0.469 e. The average Bonchev–Trinajstić information content (AvgIpc) is 2.49. The summed E-state index contributed by atoms with van der Waals surface area (Å²) >= 11 is 0. The number of esters is 1. The summed E-state index contributed by atoms with van der Waals surface area (Å²) in [7, 11) is -0.443. The molecule has 0 amide bonds. The molecular formula is C18H30O4Si. The highest BCUT2D eigenvalue weighted by molar-refractivity contribution is 6.69. The van der Waals surface area contributed by atoms with E-state index < -0.39 is 19.8 Å². The Morgan fingerprint density at radius 2 is 1.74 bits per heavy atom. The van der Waals surface area contributed by atoms with Crippen LogP contribution in [-0.4, -0.2) is 33.1 Å². The third-order valence-corrected chi connectivity index (χ3v) is 4.61. The number of hydrogen-bond donors (Lipinski definition) is 0. The van der Waals surface area contributed by atoms with Gasteiger partial charge in [-0.1, -0.05) is 30.3 Å². The maximum Gasteiger partial charge on any atom is 0.311 e. The van der Waals surface area contributed by atoms with Gasteiger partial charge in [0.25, 0.3) is 0 Å². The van der Waals surface area contributed by atoms with Crippen molar-refractivity contribution in [3.63, 3.8) is 0 Å². The summed E-state index contributed by atoms with van der Waals surface area (Å²) in [4.78, 5) is 12.0. The first-order chi connectivity index (χ1) is 10.6. The van der Waals surface area contributed by atoms with E-state index in [0.717, 1.165) is 5.56 Å². The molecule has 0 heterocycles. The Kier molecular flexibility index (Phi) is 6.98. The Bertz CT molecular complexity index is 493. The molecule has 0 fully saturated rings. The first-order valence-corrected chi connectivity index (χ1v) is 11.4. The molecule has 0 unspecified atom stereocenters. The number of carbonyl (C=O) groups is 1. The first kappa shape index (κ1) is 19.9. The maximum atomic E-state index is 12.0. The number of ether oxygens (including phenoxy) is 2. The van der Waals surface area contributed by atoms with Gasteiger partial charge in [0.2, 0.25) is 0 Å². The van der Waals surface area contributed by atoms with Crippen molar-refractivity contribution in [2.45, 2.75) is 58.7 Å². The molecule has 0 bridgehead atoms. The highest BCUT2D eigenvalue weighted by Crippen LogP contribution is 2.29. The zero-order valence-corrected chi connectivity index (χ0v) is 16.4. The normalized spacial score (nSPS) is 15.1. The Morgan fingerprint density at radius 1 is 1.17 bits per heavy atom. The molecule has 0 aliphatic carbocycles. The van der Waals surface area contributed by atoms with E-state index in [9.17, 15) is 4.79 Å². The van der Waals surface area contributed by atoms with Crippen molar-refractivity contribution in [3.05, 3.63) is 35.9 Å². The molecule has 0 aliphatic rings. The number of carbonyl (C=O) groups excluding carboxylic acids is 1. The monoisotopic (exact) mass is 338 g/mol. The summed E-state index contributed by atoms with van der Waals surface area (Å²) in [6.45, 7) is 12.6. The van der Waals surface area contributed by atoms with Crippen LogP contribution < -0.4 is 0 Å². The van der Waals surface area contributed by atoms with E-state index in [0.29, 0.717) is 6.61 Å². The van der Waals surface area contributed by atoms with Gasteiger partial charge in [-0.3, -0.25) is 4.79 Å². The Hall–Kier alpha value is -1.17. The van der Waals surface area contributed by atoms with Crippen molar-refractivity contribution in [3.8, 4) is 0 Å². The first-order valence-electron chi connectivity index (χ1n) is 8.00. The third-order valence-electron chi connectivity index (χ3n) is 3.65. The van der Waals surface area contributed by atoms with Crippen LogP contribution >= 0.6 is 0 Å². The van der Waals surface area contributed by atoms with E-state index in [1.54, 1.807) is 0 Å². The maximum absolute atomic E-state index is 12.0. The van der Waals surface area contributed by atoms with E-state index in [2.05, 4.69) is 19.6 Å². The smallest absolute Gasteiger partial charge is 0.311 e. The standard InChI is InChI=1S/C18H30O4Si/c1-14(17(19)20-4)16(22-23(5,6)7)18(2,3)21-13-15-11-9-8-10-12-15/h8-12,14,16H,13H2,1-7H3/t14-,16-/m0/s1. The van der Waals surface area contributed by atoms with E-state index in [4.69, 9.17) is 13.9 Å². The predicted octanol–water partition coefficient (Wildman–Crippen LogP) is 4.01. The van der Waals surface area contributed by atoms with Gasteiger partial charge in [0.15, 0.2) is 8.32 Å². The Morgan fingerprint density at radius 3 is 2.22 bits per heavy atom. The molecule has 0 radical (unpaired) electrons. The lowest BCUT2D eigenvalue weighted by atomic mass is 9.90. The summed E-state index contributed by atoms with van der Waals surface area (Å²) in [6, 6.07) is 9.99. The zero-order chi connectivity index (χ0) is 17.7. The van der Waals surface area contributed by atoms with Crippen LogP contribution in [0, 0.1) is 5.92 Å². The van der Waals surface area contributed by atoms with Crippen LogP contribution in [0.15, 0.2) is 30.3 Å². The highest BCUT2D eigenvalue weighted by Gasteiger charge is 2.41. The summed E-state index contributed by atoms with van der Waals surface area (Å²) in [5, 5.41) is 0. The number of hydrogen-bond acceptors (Lipinski definition) is 4. The van der Waals surface area contributed by atoms with E-state index in [1.165, 1.54) is 7.11 Å². The van der Waals surface area contributed by atoms with Crippen LogP contribution in [0.3, 0.4) is 0 Å². The highest BCUT2D eigenvalue weighted by atomic mass is 28.4. The second-order valence-corrected chi connectivity index (χ2v) is 11.8. The largest absolute Gasteiger partial charge is 0.469 e. The summed E-state index contributed by atoms with van der Waals surface area (Å²) in [5.41, 5.74) is 0.488. The van der Waals surface area contributed by atoms with Gasteiger partial charge in [0, 0.05) is 0 Å². The van der Waals surface area contributed by atoms with Gasteiger partial charge in [0.1, 0.15) is 0 Å². The molecule has 0 saturated heterocycles. The molecule has 1 rings (SSSR count). The van der Waals surface area contributed by atoms with Crippen molar-refractivity contribution in [2.75, 3.05) is 7.11 Å². The van der Waals surface area contributed by atoms with Crippen molar-refractivity contribution < 1.29 is 18.7 Å². The molecule has 23 heavy (non-hydrogen) atoms. The van der Waals surface area contributed by atoms with E-state index in [-0.39, 0.29) is 12.1 Å². The molecule has 5 heteroatoms. The van der Waals surface area contributed by atoms with Crippen molar-refractivity contribution in [1.29, 1.82) is 0 Å². The molecule has 1 aromatic rings. The molecule has 0 N–H and O–H groups in total. The molecule has 0 saturated carbocycles. The number of methoxy groups -OCH3 is 1. The van der Waals surface area contributed by atoms with Crippen molar-refractivity contribution >= 4 is 14.3 Å².